The van der Waals surface area contributed by atoms with Gasteiger partial charge in [-0.25, -0.2) is 9.18 Å². The minimum Gasteiger partial charge on any atom is -0.481 e. The van der Waals surface area contributed by atoms with Gasteiger partial charge in [-0.05, 0) is 37.3 Å². The lowest BCUT2D eigenvalue weighted by atomic mass is 10.1. The molecule has 0 fully saturated rings. The smallest absolute Gasteiger partial charge is 0.416 e. The van der Waals surface area contributed by atoms with E-state index in [1.165, 1.54) is 19.1 Å². The number of carboxylic acid groups (broad SMARTS) is 1. The SMILES string of the molecule is CC(=O)c1cc(Oc2c(F)cc(C(F)(F)F)cc2Cl)ccc1OCC(=O)O. The van der Waals surface area contributed by atoms with Crippen molar-refractivity contribution in [2.45, 2.75) is 13.1 Å². The van der Waals surface area contributed by atoms with Crippen LogP contribution < -0.4 is 9.47 Å². The molecule has 0 saturated carbocycles. The molecule has 2 aromatic carbocycles. The Kier molecular flexibility index (Phi) is 5.94. The van der Waals surface area contributed by atoms with Crippen molar-refractivity contribution in [1.82, 2.24) is 0 Å². The van der Waals surface area contributed by atoms with Crippen LogP contribution in [-0.2, 0) is 11.0 Å². The molecule has 0 atom stereocenters. The molecule has 0 aliphatic rings. The number of ketones is 1. The van der Waals surface area contributed by atoms with Crippen LogP contribution in [0.4, 0.5) is 17.6 Å². The lowest BCUT2D eigenvalue weighted by Crippen LogP contribution is -2.11. The Balaban J connectivity index is 2.36. The number of aliphatic carboxylic acids is 1. The summed E-state index contributed by atoms with van der Waals surface area (Å²) < 4.78 is 62.1. The van der Waals surface area contributed by atoms with Gasteiger partial charge in [0.25, 0.3) is 0 Å². The minimum atomic E-state index is -4.78. The van der Waals surface area contributed by atoms with Crippen molar-refractivity contribution in [3.63, 3.8) is 0 Å². The summed E-state index contributed by atoms with van der Waals surface area (Å²) in [6.07, 6.45) is -4.78. The van der Waals surface area contributed by atoms with Gasteiger partial charge in [-0.15, -0.1) is 0 Å². The van der Waals surface area contributed by atoms with Crippen LogP contribution in [-0.4, -0.2) is 23.5 Å². The summed E-state index contributed by atoms with van der Waals surface area (Å²) in [6, 6.07) is 4.31. The van der Waals surface area contributed by atoms with Gasteiger partial charge in [0.1, 0.15) is 11.5 Å². The van der Waals surface area contributed by atoms with Gasteiger partial charge in [0, 0.05) is 0 Å². The van der Waals surface area contributed by atoms with E-state index in [2.05, 4.69) is 0 Å². The summed E-state index contributed by atoms with van der Waals surface area (Å²) in [5, 5.41) is 8.01. The highest BCUT2D eigenvalue weighted by Gasteiger charge is 2.32. The highest BCUT2D eigenvalue weighted by atomic mass is 35.5. The number of hydrogen-bond acceptors (Lipinski definition) is 4. The third kappa shape index (κ3) is 5.10. The van der Waals surface area contributed by atoms with Crippen molar-refractivity contribution in [2.24, 2.45) is 0 Å². The fraction of sp³-hybridized carbons (Fsp3) is 0.176. The molecular weight excluding hydrogens is 396 g/mol. The summed E-state index contributed by atoms with van der Waals surface area (Å²) in [5.74, 6) is -3.91. The lowest BCUT2D eigenvalue weighted by molar-refractivity contribution is -0.139. The Morgan fingerprint density at radius 2 is 1.85 bits per heavy atom. The Bertz CT molecular complexity index is 872. The van der Waals surface area contributed by atoms with Gasteiger partial charge < -0.3 is 14.6 Å². The Morgan fingerprint density at radius 3 is 2.37 bits per heavy atom. The number of alkyl halides is 3. The van der Waals surface area contributed by atoms with Crippen LogP contribution in [0.1, 0.15) is 22.8 Å². The molecule has 0 aliphatic carbocycles. The third-order valence-electron chi connectivity index (χ3n) is 3.23. The van der Waals surface area contributed by atoms with Gasteiger partial charge in [0.05, 0.1) is 16.1 Å². The topological polar surface area (TPSA) is 72.8 Å². The summed E-state index contributed by atoms with van der Waals surface area (Å²) >= 11 is 5.69. The van der Waals surface area contributed by atoms with E-state index in [1.54, 1.807) is 0 Å². The van der Waals surface area contributed by atoms with Crippen LogP contribution in [0, 0.1) is 5.82 Å². The molecule has 10 heteroatoms. The van der Waals surface area contributed by atoms with E-state index in [0.29, 0.717) is 6.07 Å². The minimum absolute atomic E-state index is 0.0451. The quantitative estimate of drug-likeness (QED) is 0.542. The van der Waals surface area contributed by atoms with Crippen molar-refractivity contribution in [3.8, 4) is 17.2 Å². The van der Waals surface area contributed by atoms with Crippen molar-refractivity contribution < 1.29 is 41.7 Å². The standard InChI is InChI=1S/C17H11ClF4O5/c1-8(23)11-6-10(2-3-14(11)26-7-15(24)25)27-16-12(18)4-9(5-13(16)19)17(20,21)22/h2-6H,7H2,1H3,(H,24,25). The van der Waals surface area contributed by atoms with Gasteiger partial charge in [-0.1, -0.05) is 11.6 Å². The second kappa shape index (κ2) is 7.83. The van der Waals surface area contributed by atoms with Crippen LogP contribution in [0.5, 0.6) is 17.2 Å². The molecule has 0 saturated heterocycles. The van der Waals surface area contributed by atoms with Crippen LogP contribution >= 0.6 is 11.6 Å². The zero-order valence-electron chi connectivity index (χ0n) is 13.6. The fourth-order valence-corrected chi connectivity index (χ4v) is 2.30. The van der Waals surface area contributed by atoms with Crippen molar-refractivity contribution in [1.29, 1.82) is 0 Å². The van der Waals surface area contributed by atoms with Crippen LogP contribution in [0.15, 0.2) is 30.3 Å². The molecular formula is C17H11ClF4O5. The normalized spacial score (nSPS) is 11.2. The summed E-state index contributed by atoms with van der Waals surface area (Å²) in [5.41, 5.74) is -1.34. The van der Waals surface area contributed by atoms with Crippen molar-refractivity contribution >= 4 is 23.4 Å². The maximum Gasteiger partial charge on any atom is 0.416 e. The highest BCUT2D eigenvalue weighted by Crippen LogP contribution is 2.39. The first-order valence-corrected chi connectivity index (χ1v) is 7.60. The highest BCUT2D eigenvalue weighted by molar-refractivity contribution is 6.32. The number of hydrogen-bond donors (Lipinski definition) is 1. The van der Waals surface area contributed by atoms with Gasteiger partial charge in [0.2, 0.25) is 0 Å². The molecule has 5 nitrogen and oxygen atoms in total. The number of benzene rings is 2. The maximum absolute atomic E-state index is 14.0. The fourth-order valence-electron chi connectivity index (χ4n) is 2.05. The zero-order chi connectivity index (χ0) is 20.4. The van der Waals surface area contributed by atoms with E-state index in [1.807, 2.05) is 0 Å². The number of carbonyl (C=O) groups is 2. The third-order valence-corrected chi connectivity index (χ3v) is 3.51. The number of Topliss-reactive ketones (excluding diaryl/α,β-unsaturated/α-hetero) is 1. The van der Waals surface area contributed by atoms with E-state index in [9.17, 15) is 27.2 Å². The molecule has 1 N–H and O–H groups in total. The number of ether oxygens (including phenoxy) is 2. The Hall–Kier alpha value is -2.81. The predicted molar refractivity (Wildman–Crippen MR) is 86.1 cm³/mol. The van der Waals surface area contributed by atoms with E-state index in [-0.39, 0.29) is 23.1 Å². The van der Waals surface area contributed by atoms with Crippen molar-refractivity contribution in [2.75, 3.05) is 6.61 Å². The monoisotopic (exact) mass is 406 g/mol. The number of halogens is 5. The van der Waals surface area contributed by atoms with Gasteiger partial charge in [-0.2, -0.15) is 13.2 Å². The average molecular weight is 407 g/mol. The van der Waals surface area contributed by atoms with Crippen molar-refractivity contribution in [3.05, 3.63) is 52.3 Å². The largest absolute Gasteiger partial charge is 0.481 e. The van der Waals surface area contributed by atoms with Crippen LogP contribution in [0.3, 0.4) is 0 Å². The molecule has 2 aromatic rings. The molecule has 0 bridgehead atoms. The van der Waals surface area contributed by atoms with Gasteiger partial charge in [0.15, 0.2) is 24.0 Å². The van der Waals surface area contributed by atoms with Crippen LogP contribution in [0.25, 0.3) is 0 Å². The molecule has 0 aromatic heterocycles. The molecule has 2 rings (SSSR count). The Labute approximate surface area is 155 Å². The molecule has 0 heterocycles. The van der Waals surface area contributed by atoms with E-state index >= 15 is 0 Å². The molecule has 0 amide bonds. The molecule has 0 spiro atoms. The maximum atomic E-state index is 14.0. The van der Waals surface area contributed by atoms with E-state index < -0.39 is 46.7 Å². The predicted octanol–water partition coefficient (Wildman–Crippen LogP) is 4.96. The Morgan fingerprint density at radius 1 is 1.19 bits per heavy atom. The van der Waals surface area contributed by atoms with E-state index in [0.717, 1.165) is 6.07 Å². The second-order valence-electron chi connectivity index (χ2n) is 5.27. The van der Waals surface area contributed by atoms with Gasteiger partial charge in [-0.3, -0.25) is 4.79 Å². The first kappa shape index (κ1) is 20.5. The summed E-state index contributed by atoms with van der Waals surface area (Å²) in [7, 11) is 0. The second-order valence-corrected chi connectivity index (χ2v) is 5.67. The molecule has 0 radical (unpaired) electrons. The molecule has 144 valence electrons. The molecule has 0 unspecified atom stereocenters. The zero-order valence-corrected chi connectivity index (χ0v) is 14.3. The number of carbonyl (C=O) groups excluding carboxylic acids is 1. The number of carboxylic acids is 1. The lowest BCUT2D eigenvalue weighted by Gasteiger charge is -2.14. The summed E-state index contributed by atoms with van der Waals surface area (Å²) in [6.45, 7) is 0.484. The first-order chi connectivity index (χ1) is 12.5. The average Bonchev–Trinajstić information content (AvgIpc) is 2.55. The summed E-state index contributed by atoms with van der Waals surface area (Å²) in [4.78, 5) is 22.3. The molecule has 27 heavy (non-hydrogen) atoms. The van der Waals surface area contributed by atoms with E-state index in [4.69, 9.17) is 26.2 Å². The number of rotatable bonds is 6. The van der Waals surface area contributed by atoms with Crippen LogP contribution in [0.2, 0.25) is 5.02 Å². The van der Waals surface area contributed by atoms with Gasteiger partial charge >= 0.3 is 12.1 Å². The first-order valence-electron chi connectivity index (χ1n) is 7.22. The molecule has 0 aliphatic heterocycles.